The molecule has 0 aliphatic carbocycles. The fraction of sp³-hybridized carbons (Fsp3) is 0.318. The highest BCUT2D eigenvalue weighted by atomic mass is 16.5. The second-order valence-corrected chi connectivity index (χ2v) is 7.01. The van der Waals surface area contributed by atoms with Gasteiger partial charge in [-0.15, -0.1) is 0 Å². The largest absolute Gasteiger partial charge is 0.496 e. The predicted molar refractivity (Wildman–Crippen MR) is 112 cm³/mol. The summed E-state index contributed by atoms with van der Waals surface area (Å²) in [5.41, 5.74) is 9.35. The Morgan fingerprint density at radius 3 is 2.62 bits per heavy atom. The van der Waals surface area contributed by atoms with Crippen LogP contribution in [0.5, 0.6) is 11.5 Å². The molecule has 2 atom stereocenters. The van der Waals surface area contributed by atoms with Gasteiger partial charge >= 0.3 is 0 Å². The average Bonchev–Trinajstić information content (AvgIpc) is 3.37. The van der Waals surface area contributed by atoms with Crippen LogP contribution in [0.3, 0.4) is 0 Å². The first-order chi connectivity index (χ1) is 14.2. The molecule has 0 bridgehead atoms. The number of hydrogen-bond donors (Lipinski definition) is 3. The number of amides is 1. The van der Waals surface area contributed by atoms with E-state index in [-0.39, 0.29) is 18.1 Å². The van der Waals surface area contributed by atoms with Crippen molar-refractivity contribution >= 4 is 16.8 Å². The Morgan fingerprint density at radius 2 is 1.86 bits per heavy atom. The van der Waals surface area contributed by atoms with Crippen LogP contribution in [0.2, 0.25) is 0 Å². The smallest absolute Gasteiger partial charge is 0.256 e. The van der Waals surface area contributed by atoms with E-state index in [1.54, 1.807) is 26.4 Å². The molecule has 3 aromatic rings. The number of hydrazine groups is 1. The van der Waals surface area contributed by atoms with Gasteiger partial charge < -0.3 is 19.4 Å². The summed E-state index contributed by atoms with van der Waals surface area (Å²) in [4.78, 5) is 12.7. The zero-order chi connectivity index (χ0) is 20.4. The van der Waals surface area contributed by atoms with E-state index in [0.717, 1.165) is 35.3 Å². The molecule has 3 N–H and O–H groups in total. The minimum absolute atomic E-state index is 0.0648. The van der Waals surface area contributed by atoms with Gasteiger partial charge in [0.15, 0.2) is 0 Å². The molecule has 2 unspecified atom stereocenters. The van der Waals surface area contributed by atoms with Crippen molar-refractivity contribution < 1.29 is 14.3 Å². The Balaban J connectivity index is 1.54. The Labute approximate surface area is 170 Å². The number of nitrogens with zero attached hydrogens (tertiary/aromatic N) is 1. The van der Waals surface area contributed by atoms with Gasteiger partial charge in [-0.05, 0) is 37.3 Å². The molecular formula is C22H26N4O3. The number of aromatic nitrogens is 1. The van der Waals surface area contributed by atoms with Gasteiger partial charge in [-0.25, -0.2) is 10.9 Å². The lowest BCUT2D eigenvalue weighted by molar-refractivity contribution is 0.0929. The number of carbonyl (C=O) groups is 1. The normalized spacial score (nSPS) is 18.7. The lowest BCUT2D eigenvalue weighted by Crippen LogP contribution is -2.44. The number of fused-ring (bicyclic) bond motifs is 1. The quantitative estimate of drug-likeness (QED) is 0.599. The molecule has 1 aliphatic rings. The molecule has 0 saturated carbocycles. The lowest BCUT2D eigenvalue weighted by Gasteiger charge is -2.15. The highest BCUT2D eigenvalue weighted by Gasteiger charge is 2.29. The number of hydrogen-bond acceptors (Lipinski definition) is 5. The Bertz CT molecular complexity index is 1030. The van der Waals surface area contributed by atoms with E-state index in [9.17, 15) is 4.79 Å². The minimum Gasteiger partial charge on any atom is -0.496 e. The number of nitrogens with one attached hydrogen (secondary N) is 3. The first-order valence-corrected chi connectivity index (χ1v) is 9.77. The van der Waals surface area contributed by atoms with Gasteiger partial charge in [-0.1, -0.05) is 18.2 Å². The van der Waals surface area contributed by atoms with Crippen LogP contribution in [-0.2, 0) is 6.54 Å². The van der Waals surface area contributed by atoms with Crippen LogP contribution in [0.4, 0.5) is 0 Å². The van der Waals surface area contributed by atoms with E-state index in [0.29, 0.717) is 11.3 Å². The molecule has 4 rings (SSSR count). The highest BCUT2D eigenvalue weighted by Crippen LogP contribution is 2.33. The molecule has 1 saturated heterocycles. The molecule has 7 nitrogen and oxygen atoms in total. The second kappa shape index (κ2) is 8.14. The summed E-state index contributed by atoms with van der Waals surface area (Å²) in [7, 11) is 3.26. The van der Waals surface area contributed by atoms with Gasteiger partial charge in [0.05, 0.1) is 37.5 Å². The number of carbonyl (C=O) groups excluding carboxylic acids is 1. The van der Waals surface area contributed by atoms with Crippen molar-refractivity contribution in [2.24, 2.45) is 0 Å². The Kier molecular flexibility index (Phi) is 5.42. The summed E-state index contributed by atoms with van der Waals surface area (Å²) in [6.45, 7) is 2.98. The zero-order valence-corrected chi connectivity index (χ0v) is 16.9. The van der Waals surface area contributed by atoms with E-state index < -0.39 is 0 Å². The van der Waals surface area contributed by atoms with Gasteiger partial charge in [0.25, 0.3) is 5.91 Å². The lowest BCUT2D eigenvalue weighted by atomic mass is 10.1. The molecule has 152 valence electrons. The number of benzene rings is 2. The SMILES string of the molecule is CCn1c(C2CC(NC(=O)c3ccccc3OC)NN2)cc2c(OC)cccc21. The van der Waals surface area contributed by atoms with Crippen LogP contribution in [0, 0.1) is 0 Å². The van der Waals surface area contributed by atoms with Crippen molar-refractivity contribution in [2.75, 3.05) is 14.2 Å². The van der Waals surface area contributed by atoms with Crippen molar-refractivity contribution in [2.45, 2.75) is 32.1 Å². The van der Waals surface area contributed by atoms with Crippen molar-refractivity contribution in [3.05, 3.63) is 59.8 Å². The first kappa shape index (κ1) is 19.3. The number of para-hydroxylation sites is 1. The molecular weight excluding hydrogens is 368 g/mol. The standard InChI is InChI=1S/C22H26N4O3/c1-4-26-17-9-7-11-20(29-3)15(17)12-18(26)16-13-21(25-24-16)23-22(27)14-8-5-6-10-19(14)28-2/h5-12,16,21,24-25H,4,13H2,1-3H3,(H,23,27). The fourth-order valence-electron chi connectivity index (χ4n) is 4.01. The molecule has 29 heavy (non-hydrogen) atoms. The van der Waals surface area contributed by atoms with Crippen LogP contribution < -0.4 is 25.6 Å². The van der Waals surface area contributed by atoms with Crippen LogP contribution in [0.1, 0.15) is 35.4 Å². The molecule has 2 heterocycles. The van der Waals surface area contributed by atoms with Crippen LogP contribution in [0.15, 0.2) is 48.5 Å². The summed E-state index contributed by atoms with van der Waals surface area (Å²) >= 11 is 0. The summed E-state index contributed by atoms with van der Waals surface area (Å²) in [6.07, 6.45) is 0.530. The third-order valence-corrected chi connectivity index (χ3v) is 5.39. The summed E-state index contributed by atoms with van der Waals surface area (Å²) in [5, 5.41) is 4.13. The van der Waals surface area contributed by atoms with Crippen LogP contribution >= 0.6 is 0 Å². The van der Waals surface area contributed by atoms with Crippen molar-refractivity contribution in [3.63, 3.8) is 0 Å². The summed E-state index contributed by atoms with van der Waals surface area (Å²) in [6, 6.07) is 15.5. The third kappa shape index (κ3) is 3.54. The van der Waals surface area contributed by atoms with E-state index in [1.165, 1.54) is 0 Å². The highest BCUT2D eigenvalue weighted by molar-refractivity contribution is 5.97. The fourth-order valence-corrected chi connectivity index (χ4v) is 4.01. The summed E-state index contributed by atoms with van der Waals surface area (Å²) < 4.78 is 13.1. The third-order valence-electron chi connectivity index (χ3n) is 5.39. The Morgan fingerprint density at radius 1 is 1.10 bits per heavy atom. The first-order valence-electron chi connectivity index (χ1n) is 9.77. The molecule has 1 aliphatic heterocycles. The van der Waals surface area contributed by atoms with Crippen molar-refractivity contribution in [1.29, 1.82) is 0 Å². The van der Waals surface area contributed by atoms with Crippen LogP contribution in [-0.4, -0.2) is 30.9 Å². The predicted octanol–water partition coefficient (Wildman–Crippen LogP) is 2.97. The number of aryl methyl sites for hydroxylation is 1. The van der Waals surface area contributed by atoms with Gasteiger partial charge in [0.2, 0.25) is 0 Å². The van der Waals surface area contributed by atoms with Crippen molar-refractivity contribution in [3.8, 4) is 11.5 Å². The number of methoxy groups -OCH3 is 2. The maximum absolute atomic E-state index is 12.7. The van der Waals surface area contributed by atoms with Crippen molar-refractivity contribution in [1.82, 2.24) is 20.7 Å². The second-order valence-electron chi connectivity index (χ2n) is 7.01. The molecule has 2 aromatic carbocycles. The number of rotatable bonds is 6. The molecule has 0 spiro atoms. The van der Waals surface area contributed by atoms with E-state index in [2.05, 4.69) is 39.8 Å². The summed E-state index contributed by atoms with van der Waals surface area (Å²) in [5.74, 6) is 1.26. The topological polar surface area (TPSA) is 76.6 Å². The molecule has 7 heteroatoms. The van der Waals surface area contributed by atoms with Gasteiger partial charge in [0.1, 0.15) is 11.5 Å². The maximum Gasteiger partial charge on any atom is 0.256 e. The maximum atomic E-state index is 12.7. The van der Waals surface area contributed by atoms with Crippen LogP contribution in [0.25, 0.3) is 10.9 Å². The zero-order valence-electron chi connectivity index (χ0n) is 16.9. The van der Waals surface area contributed by atoms with Gasteiger partial charge in [-0.2, -0.15) is 0 Å². The van der Waals surface area contributed by atoms with Gasteiger partial charge in [-0.3, -0.25) is 4.79 Å². The molecule has 1 amide bonds. The molecule has 0 radical (unpaired) electrons. The monoisotopic (exact) mass is 394 g/mol. The van der Waals surface area contributed by atoms with E-state index in [4.69, 9.17) is 9.47 Å². The average molecular weight is 394 g/mol. The molecule has 1 fully saturated rings. The minimum atomic E-state index is -0.192. The van der Waals surface area contributed by atoms with E-state index in [1.807, 2.05) is 24.3 Å². The Hall–Kier alpha value is -3.03. The van der Waals surface area contributed by atoms with E-state index >= 15 is 0 Å². The van der Waals surface area contributed by atoms with Gasteiger partial charge in [0, 0.05) is 24.0 Å². The molecule has 1 aromatic heterocycles. The number of ether oxygens (including phenoxy) is 2.